The van der Waals surface area contributed by atoms with Gasteiger partial charge in [0.1, 0.15) is 17.8 Å². The van der Waals surface area contributed by atoms with E-state index in [0.717, 1.165) is 4.90 Å². The van der Waals surface area contributed by atoms with Crippen molar-refractivity contribution in [1.82, 2.24) is 20.9 Å². The van der Waals surface area contributed by atoms with Crippen LogP contribution in [0.5, 0.6) is 5.75 Å². The second-order valence-electron chi connectivity index (χ2n) is 10.5. The number of methoxy groups -OCH3 is 1. The van der Waals surface area contributed by atoms with Crippen LogP contribution in [0.3, 0.4) is 0 Å². The van der Waals surface area contributed by atoms with Crippen LogP contribution in [-0.4, -0.2) is 83.8 Å². The first-order valence-corrected chi connectivity index (χ1v) is 14.2. The number of carboxylic acids is 1. The molecule has 0 bridgehead atoms. The number of nitrogens with zero attached hydrogens (tertiary/aromatic N) is 1. The highest BCUT2D eigenvalue weighted by Gasteiger charge is 2.29. The number of urea groups is 1. The monoisotopic (exact) mass is 616 g/mol. The van der Waals surface area contributed by atoms with Gasteiger partial charge in [0, 0.05) is 31.7 Å². The van der Waals surface area contributed by atoms with E-state index in [-0.39, 0.29) is 73.0 Å². The summed E-state index contributed by atoms with van der Waals surface area (Å²) >= 11 is 0. The molecule has 2 unspecified atom stereocenters. The number of carbonyl (C=O) groups is 7. The summed E-state index contributed by atoms with van der Waals surface area (Å²) in [6.45, 7) is 3.89. The van der Waals surface area contributed by atoms with E-state index in [1.807, 2.05) is 0 Å². The zero-order valence-electron chi connectivity index (χ0n) is 25.0. The molecule has 0 fully saturated rings. The third-order valence-corrected chi connectivity index (χ3v) is 6.76. The number of hydrogen-bond acceptors (Lipinski definition) is 8. The van der Waals surface area contributed by atoms with Crippen molar-refractivity contribution in [2.75, 3.05) is 25.5 Å². The molecule has 15 heteroatoms. The van der Waals surface area contributed by atoms with Gasteiger partial charge >= 0.3 is 12.0 Å². The summed E-state index contributed by atoms with van der Waals surface area (Å²) in [5, 5.41) is 19.7. The minimum Gasteiger partial charge on any atom is -0.495 e. The molecule has 0 saturated carbocycles. The largest absolute Gasteiger partial charge is 0.495 e. The van der Waals surface area contributed by atoms with Gasteiger partial charge in [-0.25, -0.2) is 9.59 Å². The molecule has 44 heavy (non-hydrogen) atoms. The number of ether oxygens (including phenoxy) is 1. The maximum Gasteiger partial charge on any atom is 0.335 e. The first-order valence-electron chi connectivity index (χ1n) is 14.2. The SMILES string of the molecule is COc1cc(C(=O)O)ccc1NC(=O)C(CCCNC(N)=O)NC(=O)C(NC(=O)CCCCCN1C(=O)C=CC1=O)C(C)C. The average molecular weight is 617 g/mol. The number of carbonyl (C=O) groups excluding carboxylic acids is 6. The van der Waals surface area contributed by atoms with Crippen molar-refractivity contribution in [1.29, 1.82) is 0 Å². The van der Waals surface area contributed by atoms with Gasteiger partial charge in [0.2, 0.25) is 17.7 Å². The molecule has 1 aromatic carbocycles. The van der Waals surface area contributed by atoms with Crippen LogP contribution in [0.4, 0.5) is 10.5 Å². The predicted octanol–water partition coefficient (Wildman–Crippen LogP) is 0.891. The number of amides is 7. The Morgan fingerprint density at radius 2 is 1.64 bits per heavy atom. The Morgan fingerprint density at radius 3 is 2.23 bits per heavy atom. The van der Waals surface area contributed by atoms with Crippen LogP contribution in [0.2, 0.25) is 0 Å². The van der Waals surface area contributed by atoms with Crippen LogP contribution in [0.1, 0.15) is 62.7 Å². The van der Waals surface area contributed by atoms with Gasteiger partial charge in [-0.3, -0.25) is 28.9 Å². The number of rotatable bonds is 18. The molecule has 1 aliphatic rings. The number of imide groups is 1. The number of aromatic carboxylic acids is 1. The Hall–Kier alpha value is -4.95. The standard InChI is InChI=1S/C29H40N6O9/c1-17(2)25(34-22(36)9-5-4-6-15-35-23(37)12-13-24(35)38)27(40)33-20(8-7-14-31-29(30)43)26(39)32-19-11-10-18(28(41)42)16-21(19)44-3/h10-13,16-17,20,25H,4-9,14-15H2,1-3H3,(H,32,39)(H,33,40)(H,34,36)(H,41,42)(H3,30,31,43). The number of unbranched alkanes of at least 4 members (excludes halogenated alkanes) is 2. The molecule has 0 aromatic heterocycles. The Balaban J connectivity index is 2.01. The van der Waals surface area contributed by atoms with Crippen molar-refractivity contribution >= 4 is 47.2 Å². The van der Waals surface area contributed by atoms with E-state index in [9.17, 15) is 38.7 Å². The molecule has 1 aliphatic heterocycles. The van der Waals surface area contributed by atoms with Crippen LogP contribution in [0.25, 0.3) is 0 Å². The summed E-state index contributed by atoms with van der Waals surface area (Å²) in [6, 6.07) is 1.10. The Kier molecular flexibility index (Phi) is 13.8. The number of primary amides is 1. The number of carboxylic acid groups (broad SMARTS) is 1. The van der Waals surface area contributed by atoms with Gasteiger partial charge in [-0.1, -0.05) is 20.3 Å². The van der Waals surface area contributed by atoms with Gasteiger partial charge in [-0.2, -0.15) is 0 Å². The molecule has 15 nitrogen and oxygen atoms in total. The first kappa shape index (κ1) is 35.2. The van der Waals surface area contributed by atoms with Crippen molar-refractivity contribution in [2.45, 2.75) is 64.5 Å². The van der Waals surface area contributed by atoms with Gasteiger partial charge in [-0.05, 0) is 49.8 Å². The lowest BCUT2D eigenvalue weighted by atomic mass is 10.0. The topological polar surface area (TPSA) is 226 Å². The van der Waals surface area contributed by atoms with E-state index >= 15 is 0 Å². The molecule has 2 atom stereocenters. The fourth-order valence-electron chi connectivity index (χ4n) is 4.36. The molecule has 7 N–H and O–H groups in total. The van der Waals surface area contributed by atoms with Crippen LogP contribution < -0.4 is 31.7 Å². The van der Waals surface area contributed by atoms with Gasteiger partial charge < -0.3 is 36.8 Å². The fraction of sp³-hybridized carbons (Fsp3) is 0.483. The molecule has 0 radical (unpaired) electrons. The zero-order valence-corrected chi connectivity index (χ0v) is 25.0. The van der Waals surface area contributed by atoms with Gasteiger partial charge in [-0.15, -0.1) is 0 Å². The lowest BCUT2D eigenvalue weighted by molar-refractivity contribution is -0.137. The molecular formula is C29H40N6O9. The molecule has 0 aliphatic carbocycles. The molecule has 0 saturated heterocycles. The number of nitrogens with one attached hydrogen (secondary N) is 4. The van der Waals surface area contributed by atoms with Crippen molar-refractivity contribution in [2.24, 2.45) is 11.7 Å². The molecule has 2 rings (SSSR count). The van der Waals surface area contributed by atoms with E-state index in [1.54, 1.807) is 13.8 Å². The highest BCUT2D eigenvalue weighted by Crippen LogP contribution is 2.26. The molecule has 1 heterocycles. The predicted molar refractivity (Wildman–Crippen MR) is 158 cm³/mol. The van der Waals surface area contributed by atoms with Crippen LogP contribution in [0, 0.1) is 5.92 Å². The number of nitrogens with two attached hydrogens (primary N) is 1. The van der Waals surface area contributed by atoms with Crippen molar-refractivity contribution in [3.63, 3.8) is 0 Å². The smallest absolute Gasteiger partial charge is 0.335 e. The van der Waals surface area contributed by atoms with Crippen LogP contribution in [0.15, 0.2) is 30.4 Å². The summed E-state index contributed by atoms with van der Waals surface area (Å²) < 4.78 is 5.21. The molecular weight excluding hydrogens is 576 g/mol. The molecule has 1 aromatic rings. The summed E-state index contributed by atoms with van der Waals surface area (Å²) in [5.74, 6) is -3.72. The van der Waals surface area contributed by atoms with Crippen molar-refractivity contribution < 1.29 is 43.4 Å². The van der Waals surface area contributed by atoms with Crippen molar-refractivity contribution in [3.05, 3.63) is 35.9 Å². The van der Waals surface area contributed by atoms with Gasteiger partial charge in [0.25, 0.3) is 11.8 Å². The quantitative estimate of drug-likeness (QED) is 0.102. The third-order valence-electron chi connectivity index (χ3n) is 6.76. The normalized spacial score (nSPS) is 13.8. The Morgan fingerprint density at radius 1 is 0.955 bits per heavy atom. The van der Waals surface area contributed by atoms with E-state index in [1.165, 1.54) is 37.5 Å². The summed E-state index contributed by atoms with van der Waals surface area (Å²) in [4.78, 5) is 85.9. The lowest BCUT2D eigenvalue weighted by Gasteiger charge is -2.25. The highest BCUT2D eigenvalue weighted by molar-refractivity contribution is 6.12. The van der Waals surface area contributed by atoms with Crippen LogP contribution in [-0.2, 0) is 24.0 Å². The van der Waals surface area contributed by atoms with E-state index < -0.39 is 35.9 Å². The molecule has 240 valence electrons. The Labute approximate surface area is 254 Å². The van der Waals surface area contributed by atoms with Gasteiger partial charge in [0.05, 0.1) is 18.4 Å². The van der Waals surface area contributed by atoms with E-state index in [0.29, 0.717) is 19.3 Å². The van der Waals surface area contributed by atoms with E-state index in [2.05, 4.69) is 21.3 Å². The fourth-order valence-corrected chi connectivity index (χ4v) is 4.36. The summed E-state index contributed by atoms with van der Waals surface area (Å²) in [7, 11) is 1.31. The highest BCUT2D eigenvalue weighted by atomic mass is 16.5. The van der Waals surface area contributed by atoms with Crippen molar-refractivity contribution in [3.8, 4) is 5.75 Å². The summed E-state index contributed by atoms with van der Waals surface area (Å²) in [5.41, 5.74) is 5.23. The minimum atomic E-state index is -1.18. The Bertz CT molecular complexity index is 1260. The minimum absolute atomic E-state index is 0.0492. The summed E-state index contributed by atoms with van der Waals surface area (Å²) in [6.07, 6.45) is 4.52. The van der Waals surface area contributed by atoms with Gasteiger partial charge in [0.15, 0.2) is 0 Å². The molecule has 0 spiro atoms. The maximum atomic E-state index is 13.3. The zero-order chi connectivity index (χ0) is 32.8. The first-order chi connectivity index (χ1) is 20.8. The average Bonchev–Trinajstić information content (AvgIpc) is 3.29. The second-order valence-corrected chi connectivity index (χ2v) is 10.5. The lowest BCUT2D eigenvalue weighted by Crippen LogP contribution is -2.54. The molecule has 7 amide bonds. The third kappa shape index (κ3) is 11.0. The number of anilines is 1. The number of benzene rings is 1. The second kappa shape index (κ2) is 17.2. The number of hydrogen-bond donors (Lipinski definition) is 6. The van der Waals surface area contributed by atoms with E-state index in [4.69, 9.17) is 10.5 Å². The maximum absolute atomic E-state index is 13.3. The van der Waals surface area contributed by atoms with Crippen LogP contribution >= 0.6 is 0 Å².